The van der Waals surface area contributed by atoms with Crippen molar-refractivity contribution >= 4 is 82.2 Å². The number of rotatable bonds is 59. The van der Waals surface area contributed by atoms with Gasteiger partial charge < -0.3 is 76.3 Å². The van der Waals surface area contributed by atoms with Crippen LogP contribution in [-0.2, 0) is 57.5 Å². The molecule has 0 saturated heterocycles. The number of aliphatic hydroxyl groups excluding tert-OH is 2. The Morgan fingerprint density at radius 1 is 0.457 bits per heavy atom. The molecule has 28 heteroatoms. The number of nitrogens with one attached hydrogen (secondary N) is 5. The number of unbranched alkanes of at least 4 members (excludes halogenated alkanes) is 13. The number of aliphatic carboxylic acids is 1. The van der Waals surface area contributed by atoms with Crippen LogP contribution in [0.2, 0.25) is 0 Å². The first-order valence-corrected chi connectivity index (χ1v) is 34.2. The monoisotopic (exact) mass is 1330 g/mol. The zero-order valence-corrected chi connectivity index (χ0v) is 57.2. The van der Waals surface area contributed by atoms with Crippen LogP contribution in [0.25, 0.3) is 0 Å². The molecule has 0 saturated carbocycles. The molecule has 10 atom stereocenters. The number of nitrogens with zero attached hydrogens (tertiary/aromatic N) is 2. The molecule has 0 spiro atoms. The van der Waals surface area contributed by atoms with Crippen molar-refractivity contribution in [1.82, 2.24) is 26.6 Å². The smallest absolute Gasteiger partial charge is 0.303 e. The molecule has 6 amide bonds. The van der Waals surface area contributed by atoms with Gasteiger partial charge in [0.15, 0.2) is 35.1 Å². The molecule has 538 valence electrons. The first-order valence-electron chi connectivity index (χ1n) is 34.2. The molecule has 28 nitrogen and oxygen atoms in total. The van der Waals surface area contributed by atoms with Crippen molar-refractivity contribution in [3.63, 3.8) is 0 Å². The van der Waals surface area contributed by atoms with Gasteiger partial charge in [0.2, 0.25) is 35.4 Å². The summed E-state index contributed by atoms with van der Waals surface area (Å²) in [5, 5.41) is 42.9. The van der Waals surface area contributed by atoms with E-state index in [0.717, 1.165) is 26.2 Å². The minimum absolute atomic E-state index is 0.0134. The Kier molecular flexibility index (Phi) is 47.6. The van der Waals surface area contributed by atoms with Gasteiger partial charge in [-0.15, -0.1) is 0 Å². The highest BCUT2D eigenvalue weighted by atomic mass is 16.4. The topological polar surface area (TPSA) is 507 Å². The molecule has 0 aromatic carbocycles. The number of Topliss-reactive ketones (excluding diaryl/α,β-unsaturated/α-hetero) is 5. The molecule has 0 rings (SSSR count). The molecule has 0 aliphatic heterocycles. The van der Waals surface area contributed by atoms with Crippen LogP contribution in [0.3, 0.4) is 0 Å². The molecule has 0 aliphatic carbocycles. The van der Waals surface area contributed by atoms with E-state index in [1.54, 1.807) is 6.92 Å². The summed E-state index contributed by atoms with van der Waals surface area (Å²) in [4.78, 5) is 170. The van der Waals surface area contributed by atoms with E-state index in [9.17, 15) is 72.9 Å². The third kappa shape index (κ3) is 42.4. The molecule has 0 aliphatic rings. The maximum atomic E-state index is 14.5. The van der Waals surface area contributed by atoms with Gasteiger partial charge in [-0.25, -0.2) is 0 Å². The SMILES string of the molecule is CCCCCCCCCCCCCCCC(=O)C[C@@H](CCCCN)C(=O)N[C@@H](CC(C)C)C(=O)C[C@@H](CCCN=C(N)N)C(=O)N[C@@H](CCC(=O)O)C(=O)C[C@H](C(=O)N[C@@H](CC(N)=O)C(=O)C[C@@H](C)C(=O)NCC(=O)C[C@@H](CCCN=C(N)N)C(=O)N[C@H](C)CO)[C@@H](C)O. The van der Waals surface area contributed by atoms with Crippen LogP contribution in [0.5, 0.6) is 0 Å². The van der Waals surface area contributed by atoms with Crippen LogP contribution in [0.15, 0.2) is 9.98 Å². The van der Waals surface area contributed by atoms with Crippen molar-refractivity contribution in [2.75, 3.05) is 32.8 Å². The average molecular weight is 1330 g/mol. The molecule has 0 unspecified atom stereocenters. The largest absolute Gasteiger partial charge is 0.481 e. The lowest BCUT2D eigenvalue weighted by molar-refractivity contribution is -0.140. The van der Waals surface area contributed by atoms with Crippen LogP contribution in [0.4, 0.5) is 0 Å². The highest BCUT2D eigenvalue weighted by Gasteiger charge is 2.37. The van der Waals surface area contributed by atoms with E-state index in [0.29, 0.717) is 45.1 Å². The lowest BCUT2D eigenvalue weighted by Gasteiger charge is -2.27. The van der Waals surface area contributed by atoms with Crippen LogP contribution in [0.1, 0.15) is 234 Å². The molecule has 0 heterocycles. The van der Waals surface area contributed by atoms with E-state index in [4.69, 9.17) is 34.4 Å². The summed E-state index contributed by atoms with van der Waals surface area (Å²) in [7, 11) is 0. The van der Waals surface area contributed by atoms with Gasteiger partial charge in [-0.1, -0.05) is 111 Å². The summed E-state index contributed by atoms with van der Waals surface area (Å²) < 4.78 is 0. The number of aliphatic imine (C=N–C) groups is 2. The van der Waals surface area contributed by atoms with Crippen LogP contribution >= 0.6 is 0 Å². The van der Waals surface area contributed by atoms with Crippen molar-refractivity contribution in [2.24, 2.45) is 79.9 Å². The summed E-state index contributed by atoms with van der Waals surface area (Å²) in [6.07, 6.45) is 11.9. The number of hydrogen-bond acceptors (Lipinski definition) is 17. The number of primary amides is 1. The Morgan fingerprint density at radius 3 is 1.39 bits per heavy atom. The highest BCUT2D eigenvalue weighted by molar-refractivity contribution is 5.99. The summed E-state index contributed by atoms with van der Waals surface area (Å²) in [5.41, 5.74) is 33.1. The number of carbonyl (C=O) groups excluding carboxylic acids is 11. The molecule has 20 N–H and O–H groups in total. The Morgan fingerprint density at radius 2 is 0.915 bits per heavy atom. The van der Waals surface area contributed by atoms with Gasteiger partial charge >= 0.3 is 5.97 Å². The molecule has 0 aromatic rings. The predicted octanol–water partition coefficient (Wildman–Crippen LogP) is 2.84. The molecular formula is C66H119N13O15. The fourth-order valence-corrected chi connectivity index (χ4v) is 10.8. The van der Waals surface area contributed by atoms with Gasteiger partial charge in [0.25, 0.3) is 0 Å². The number of guanidine groups is 2. The number of aliphatic hydroxyl groups is 2. The molecule has 0 bridgehead atoms. The first-order chi connectivity index (χ1) is 44.4. The van der Waals surface area contributed by atoms with Gasteiger partial charge in [-0.05, 0) is 84.1 Å². The van der Waals surface area contributed by atoms with Crippen molar-refractivity contribution in [3.8, 4) is 0 Å². The van der Waals surface area contributed by atoms with Gasteiger partial charge in [-0.2, -0.15) is 0 Å². The van der Waals surface area contributed by atoms with Gasteiger partial charge in [0.1, 0.15) is 5.78 Å². The first kappa shape index (κ1) is 87.1. The number of nitrogens with two attached hydrogens (primary N) is 6. The van der Waals surface area contributed by atoms with E-state index >= 15 is 0 Å². The van der Waals surface area contributed by atoms with E-state index in [1.165, 1.54) is 64.7 Å². The summed E-state index contributed by atoms with van der Waals surface area (Å²) in [5.74, 6) is -15.3. The number of amides is 6. The minimum Gasteiger partial charge on any atom is -0.481 e. The Bertz CT molecular complexity index is 2400. The van der Waals surface area contributed by atoms with Gasteiger partial charge in [-0.3, -0.25) is 67.5 Å². The summed E-state index contributed by atoms with van der Waals surface area (Å²) in [6.45, 7) is 9.66. The Hall–Kier alpha value is -6.94. The van der Waals surface area contributed by atoms with Crippen LogP contribution in [-0.4, -0.2) is 161 Å². The normalized spacial score (nSPS) is 14.4. The fourth-order valence-electron chi connectivity index (χ4n) is 10.8. The van der Waals surface area contributed by atoms with Crippen molar-refractivity contribution in [2.45, 2.75) is 264 Å². The fraction of sp³-hybridized carbons (Fsp3) is 0.788. The second-order valence-electron chi connectivity index (χ2n) is 25.7. The second-order valence-corrected chi connectivity index (χ2v) is 25.7. The number of carboxylic acid groups (broad SMARTS) is 1. The van der Waals surface area contributed by atoms with Crippen molar-refractivity contribution in [3.05, 3.63) is 0 Å². The van der Waals surface area contributed by atoms with E-state index < -0.39 is 169 Å². The Labute approximate surface area is 556 Å². The van der Waals surface area contributed by atoms with Crippen molar-refractivity contribution < 1.29 is 72.9 Å². The maximum Gasteiger partial charge on any atom is 0.303 e. The molecular weight excluding hydrogens is 1210 g/mol. The lowest BCUT2D eigenvalue weighted by atomic mass is 9.88. The number of ketones is 5. The summed E-state index contributed by atoms with van der Waals surface area (Å²) in [6, 6.07) is -5.01. The Balaban J connectivity index is 6.42. The average Bonchev–Trinajstić information content (AvgIpc) is 0.891. The van der Waals surface area contributed by atoms with Crippen LogP contribution in [0, 0.1) is 35.5 Å². The summed E-state index contributed by atoms with van der Waals surface area (Å²) >= 11 is 0. The van der Waals surface area contributed by atoms with Crippen LogP contribution < -0.4 is 61.0 Å². The lowest BCUT2D eigenvalue weighted by Crippen LogP contribution is -2.50. The number of hydrogen-bond donors (Lipinski definition) is 14. The molecule has 0 radical (unpaired) electrons. The van der Waals surface area contributed by atoms with E-state index in [-0.39, 0.29) is 81.8 Å². The zero-order valence-electron chi connectivity index (χ0n) is 57.2. The highest BCUT2D eigenvalue weighted by Crippen LogP contribution is 2.23. The molecule has 94 heavy (non-hydrogen) atoms. The third-order valence-electron chi connectivity index (χ3n) is 16.4. The van der Waals surface area contributed by atoms with E-state index in [2.05, 4.69) is 43.5 Å². The predicted molar refractivity (Wildman–Crippen MR) is 360 cm³/mol. The van der Waals surface area contributed by atoms with Crippen molar-refractivity contribution in [1.29, 1.82) is 0 Å². The maximum absolute atomic E-state index is 14.5. The van der Waals surface area contributed by atoms with Gasteiger partial charge in [0.05, 0.1) is 49.7 Å². The van der Waals surface area contributed by atoms with E-state index in [1.807, 2.05) is 13.8 Å². The standard InChI is InChI=1S/C66H119N13O15/c1-7-8-9-10-11-12-13-14-15-16-17-18-19-27-49(82)35-46(24-20-21-30-67)62(92)78-53(33-42(2)3)56(85)37-48(26-23-32-74-66(71)72)63(93)77-52(28-29-59(88)89)57(86)38-51(45(6)81)64(94)79-54(39-58(68)87)55(84)34-43(4)60(90)75-40-50(83)36-47(25-22-31-73-65(69)70)61(91)76-44(5)41-80/h42-48,51-54,80-81H,7-41,67H2,1-6H3,(H2,68,87)(H,75,90)(H,76,91)(H,77,93)(H,78,92)(H,79,94)(H,88,89)(H4,69,70,73)(H4,71,72,74)/t43-,44-,45-,46-,47-,48-,51+,52+,53+,54+/m1/s1. The number of carboxylic acids is 1. The molecule has 0 fully saturated rings. The third-order valence-corrected chi connectivity index (χ3v) is 16.4. The zero-order chi connectivity index (χ0) is 71.1. The minimum atomic E-state index is -1.69. The molecule has 0 aromatic heterocycles. The quantitative estimate of drug-likeness (QED) is 0.0236. The van der Waals surface area contributed by atoms with Gasteiger partial charge in [0, 0.05) is 87.7 Å². The number of carbonyl (C=O) groups is 12. The second kappa shape index (κ2) is 51.4.